The summed E-state index contributed by atoms with van der Waals surface area (Å²) in [5, 5.41) is 38.2. The van der Waals surface area contributed by atoms with E-state index in [2.05, 4.69) is 21.3 Å². The molecular formula is C52H39N9O12. The van der Waals surface area contributed by atoms with Gasteiger partial charge in [0.1, 0.15) is 5.56 Å². The molecule has 0 unspecified atom stereocenters. The van der Waals surface area contributed by atoms with E-state index in [0.717, 1.165) is 32.7 Å². The van der Waals surface area contributed by atoms with E-state index in [1.807, 2.05) is 24.3 Å². The Morgan fingerprint density at radius 2 is 0.973 bits per heavy atom. The first-order valence-corrected chi connectivity index (χ1v) is 22.9. The highest BCUT2D eigenvalue weighted by Crippen LogP contribution is 2.39. The molecule has 10 rings (SSSR count). The number of carbonyl (C=O) groups excluding carboxylic acids is 8. The highest BCUT2D eigenvalue weighted by Gasteiger charge is 2.40. The fourth-order valence-corrected chi connectivity index (χ4v) is 9.47. The molecule has 3 heterocycles. The Hall–Kier alpha value is -9.60. The lowest BCUT2D eigenvalue weighted by atomic mass is 9.92. The summed E-state index contributed by atoms with van der Waals surface area (Å²) in [6, 6.07) is 28.8. The smallest absolute Gasteiger partial charge is 0.282 e. The summed E-state index contributed by atoms with van der Waals surface area (Å²) >= 11 is 0. The van der Waals surface area contributed by atoms with Gasteiger partial charge in [0.25, 0.3) is 58.6 Å². The molecule has 7 aromatic rings. The van der Waals surface area contributed by atoms with Crippen molar-refractivity contribution in [3.63, 3.8) is 0 Å². The Morgan fingerprint density at radius 1 is 0.452 bits per heavy atom. The van der Waals surface area contributed by atoms with Crippen molar-refractivity contribution in [2.45, 2.75) is 0 Å². The van der Waals surface area contributed by atoms with Crippen LogP contribution in [-0.4, -0.2) is 119 Å². The lowest BCUT2D eigenvalue weighted by molar-refractivity contribution is -0.385. The first kappa shape index (κ1) is 47.1. The molecule has 3 aliphatic rings. The Kier molecular flexibility index (Phi) is 12.2. The molecule has 7 aromatic carbocycles. The molecule has 21 heteroatoms. The van der Waals surface area contributed by atoms with Crippen molar-refractivity contribution in [2.75, 3.05) is 57.3 Å². The third kappa shape index (κ3) is 8.42. The Labute approximate surface area is 412 Å². The van der Waals surface area contributed by atoms with E-state index in [1.54, 1.807) is 36.4 Å². The van der Waals surface area contributed by atoms with E-state index in [-0.39, 0.29) is 102 Å². The summed E-state index contributed by atoms with van der Waals surface area (Å²) in [7, 11) is 0. The highest BCUT2D eigenvalue weighted by molar-refractivity contribution is 6.37. The van der Waals surface area contributed by atoms with Crippen LogP contribution in [0.4, 0.5) is 17.1 Å². The summed E-state index contributed by atoms with van der Waals surface area (Å²) in [6.07, 6.45) is 0. The normalized spacial score (nSPS) is 13.9. The molecule has 73 heavy (non-hydrogen) atoms. The second-order valence-corrected chi connectivity index (χ2v) is 17.3. The van der Waals surface area contributed by atoms with E-state index in [1.165, 1.54) is 42.5 Å². The van der Waals surface area contributed by atoms with Gasteiger partial charge in [-0.2, -0.15) is 0 Å². The molecular weight excluding hydrogens is 943 g/mol. The van der Waals surface area contributed by atoms with E-state index in [0.29, 0.717) is 32.2 Å². The van der Waals surface area contributed by atoms with Gasteiger partial charge in [-0.15, -0.1) is 0 Å². The number of imide groups is 3. The van der Waals surface area contributed by atoms with Gasteiger partial charge in [0.05, 0.1) is 32.2 Å². The number of nitrogens with zero attached hydrogens (tertiary/aromatic N) is 5. The zero-order valence-corrected chi connectivity index (χ0v) is 38.3. The molecule has 0 fully saturated rings. The van der Waals surface area contributed by atoms with E-state index < -0.39 is 62.8 Å². The van der Waals surface area contributed by atoms with Crippen LogP contribution < -0.4 is 26.2 Å². The third-order valence-corrected chi connectivity index (χ3v) is 12.9. The molecule has 0 spiro atoms. The first-order valence-electron chi connectivity index (χ1n) is 22.9. The van der Waals surface area contributed by atoms with Gasteiger partial charge in [0.2, 0.25) is 0 Å². The number of nitro benzene ring substituents is 2. The summed E-state index contributed by atoms with van der Waals surface area (Å²) in [4.78, 5) is 134. The molecule has 0 atom stereocenters. The van der Waals surface area contributed by atoms with Crippen LogP contribution in [0.5, 0.6) is 0 Å². The van der Waals surface area contributed by atoms with Crippen molar-refractivity contribution in [3.05, 3.63) is 180 Å². The van der Waals surface area contributed by atoms with Gasteiger partial charge in [0.15, 0.2) is 0 Å². The molecule has 21 nitrogen and oxygen atoms in total. The molecule has 0 aromatic heterocycles. The second-order valence-electron chi connectivity index (χ2n) is 17.3. The topological polar surface area (TPSA) is 281 Å². The number of hydrogen-bond donors (Lipinski definition) is 4. The molecule has 0 saturated carbocycles. The highest BCUT2D eigenvalue weighted by atomic mass is 16.6. The van der Waals surface area contributed by atoms with Crippen LogP contribution in [0.15, 0.2) is 115 Å². The Morgan fingerprint density at radius 3 is 1.53 bits per heavy atom. The monoisotopic (exact) mass is 981 g/mol. The maximum Gasteiger partial charge on any atom is 0.282 e. The number of anilines is 1. The number of carbonyl (C=O) groups is 8. The van der Waals surface area contributed by atoms with E-state index in [9.17, 15) is 58.6 Å². The number of amides is 8. The lowest BCUT2D eigenvalue weighted by Crippen LogP contribution is -2.44. The third-order valence-electron chi connectivity index (χ3n) is 12.9. The minimum Gasteiger partial charge on any atom is -0.351 e. The van der Waals surface area contributed by atoms with Crippen molar-refractivity contribution in [1.82, 2.24) is 31.1 Å². The molecule has 0 bridgehead atoms. The van der Waals surface area contributed by atoms with Gasteiger partial charge >= 0.3 is 0 Å². The molecule has 364 valence electrons. The maximum absolute atomic E-state index is 14.3. The molecule has 0 aliphatic carbocycles. The SMILES string of the molecule is O=C(NCCNCCN1C(=O)c2cc3ccccc3cc2C1=O)c1cc(C(=O)NCCNCCN2C(=O)c3cccc4cc([N+](=O)[O-])cc(c34)C2=O)cc(N2C(=O)c3cccc4ccc([N+](=O)[O-])c(c34)C2=O)c1. The van der Waals surface area contributed by atoms with Crippen LogP contribution >= 0.6 is 0 Å². The zero-order chi connectivity index (χ0) is 51.2. The number of benzene rings is 7. The van der Waals surface area contributed by atoms with Gasteiger partial charge in [0, 0.05) is 104 Å². The fourth-order valence-electron chi connectivity index (χ4n) is 9.47. The number of hydrogen-bond acceptors (Lipinski definition) is 14. The molecule has 8 amide bonds. The number of nitro groups is 2. The van der Waals surface area contributed by atoms with E-state index >= 15 is 0 Å². The summed E-state index contributed by atoms with van der Waals surface area (Å²) < 4.78 is 0. The standard InChI is InChI=1S/C52H39N9O12/c62-45(55-15-13-53-17-19-57-47(64)36-9-4-8-31-22-35(60(70)71)27-40(42(31)36)50(57)67)32-21-33(24-34(23-32)59-51(68)37-10-3-7-28-11-12-41(61(72)73)44(43(28)37)52(59)69)46(63)56-16-14-54-18-20-58-48(65)38-25-29-5-1-2-6-30(29)26-39(38)49(58)66/h1-12,21-27,53-54H,13-20H2,(H,55,62)(H,56,63). The van der Waals surface area contributed by atoms with Gasteiger partial charge in [-0.05, 0) is 70.1 Å². The van der Waals surface area contributed by atoms with Gasteiger partial charge < -0.3 is 21.3 Å². The average Bonchev–Trinajstić information content (AvgIpc) is 3.62. The maximum atomic E-state index is 14.3. The van der Waals surface area contributed by atoms with Crippen LogP contribution in [0.25, 0.3) is 32.3 Å². The largest absolute Gasteiger partial charge is 0.351 e. The summed E-state index contributed by atoms with van der Waals surface area (Å²) in [5.41, 5.74) is -0.853. The van der Waals surface area contributed by atoms with Crippen LogP contribution in [0.3, 0.4) is 0 Å². The zero-order valence-electron chi connectivity index (χ0n) is 38.3. The van der Waals surface area contributed by atoms with Crippen LogP contribution in [0.1, 0.15) is 82.9 Å². The number of rotatable bonds is 17. The van der Waals surface area contributed by atoms with Crippen molar-refractivity contribution in [3.8, 4) is 0 Å². The molecule has 0 radical (unpaired) electrons. The predicted octanol–water partition coefficient (Wildman–Crippen LogP) is 4.99. The molecule has 3 aliphatic heterocycles. The van der Waals surface area contributed by atoms with Crippen molar-refractivity contribution in [2.24, 2.45) is 0 Å². The first-order chi connectivity index (χ1) is 35.2. The van der Waals surface area contributed by atoms with Crippen LogP contribution in [0, 0.1) is 20.2 Å². The number of non-ortho nitro benzene ring substituents is 1. The summed E-state index contributed by atoms with van der Waals surface area (Å²) in [5.74, 6) is -5.45. The second kappa shape index (κ2) is 19.0. The molecule has 0 saturated heterocycles. The average molecular weight is 982 g/mol. The van der Waals surface area contributed by atoms with Gasteiger partial charge in [-0.1, -0.05) is 48.5 Å². The van der Waals surface area contributed by atoms with Gasteiger partial charge in [-0.25, -0.2) is 4.90 Å². The fraction of sp³-hybridized carbons (Fsp3) is 0.154. The molecule has 4 N–H and O–H groups in total. The van der Waals surface area contributed by atoms with Crippen molar-refractivity contribution >= 4 is 96.6 Å². The Bertz CT molecular complexity index is 3600. The van der Waals surface area contributed by atoms with Crippen LogP contribution in [-0.2, 0) is 0 Å². The predicted molar refractivity (Wildman–Crippen MR) is 264 cm³/mol. The van der Waals surface area contributed by atoms with Crippen molar-refractivity contribution in [1.29, 1.82) is 0 Å². The summed E-state index contributed by atoms with van der Waals surface area (Å²) in [6.45, 7) is 0.478. The number of fused-ring (bicyclic) bond motifs is 2. The van der Waals surface area contributed by atoms with E-state index in [4.69, 9.17) is 0 Å². The lowest BCUT2D eigenvalue weighted by Gasteiger charge is -2.27. The number of nitrogens with one attached hydrogen (secondary N) is 4. The van der Waals surface area contributed by atoms with Crippen molar-refractivity contribution < 1.29 is 48.2 Å². The van der Waals surface area contributed by atoms with Gasteiger partial charge in [-0.3, -0.25) is 68.4 Å². The van der Waals surface area contributed by atoms with Crippen LogP contribution in [0.2, 0.25) is 0 Å². The minimum absolute atomic E-state index is 0.0148. The Balaban J connectivity index is 0.810. The minimum atomic E-state index is -1.05. The quantitative estimate of drug-likeness (QED) is 0.0405.